The van der Waals surface area contributed by atoms with Gasteiger partial charge >= 0.3 is 0 Å². The lowest BCUT2D eigenvalue weighted by atomic mass is 10.0. The highest BCUT2D eigenvalue weighted by Crippen LogP contribution is 2.31. The molecule has 1 aliphatic rings. The van der Waals surface area contributed by atoms with Gasteiger partial charge in [-0.2, -0.15) is 0 Å². The molecule has 0 unspecified atom stereocenters. The van der Waals surface area contributed by atoms with Gasteiger partial charge in [0, 0.05) is 25.6 Å². The maximum atomic E-state index is 10.5. The average molecular weight is 279 g/mol. The summed E-state index contributed by atoms with van der Waals surface area (Å²) in [6, 6.07) is 1.81. The third kappa shape index (κ3) is 3.37. The maximum absolute atomic E-state index is 10.5. The van der Waals surface area contributed by atoms with Gasteiger partial charge in [-0.3, -0.25) is 0 Å². The van der Waals surface area contributed by atoms with E-state index in [2.05, 4.69) is 15.4 Å². The summed E-state index contributed by atoms with van der Waals surface area (Å²) in [4.78, 5) is 10.9. The molecule has 0 saturated heterocycles. The van der Waals surface area contributed by atoms with E-state index in [1.165, 1.54) is 0 Å². The van der Waals surface area contributed by atoms with Gasteiger partial charge < -0.3 is 15.4 Å². The van der Waals surface area contributed by atoms with E-state index in [-0.39, 0.29) is 5.92 Å². The highest BCUT2D eigenvalue weighted by atomic mass is 16.3. The third-order valence-electron chi connectivity index (χ3n) is 3.85. The van der Waals surface area contributed by atoms with Gasteiger partial charge in [-0.1, -0.05) is 26.7 Å². The number of nitrogens with one attached hydrogen (secondary N) is 1. The summed E-state index contributed by atoms with van der Waals surface area (Å²) in [6.07, 6.45) is 3.92. The van der Waals surface area contributed by atoms with E-state index in [0.717, 1.165) is 37.3 Å². The molecule has 1 saturated carbocycles. The highest BCUT2D eigenvalue weighted by molar-refractivity contribution is 5.49. The lowest BCUT2D eigenvalue weighted by Gasteiger charge is -2.29. The Bertz CT molecular complexity index is 457. The number of likely N-dealkylation sites (N-methyl/N-ethyl adjacent to an activating group) is 1. The van der Waals surface area contributed by atoms with E-state index < -0.39 is 5.60 Å². The van der Waals surface area contributed by atoms with Crippen molar-refractivity contribution in [1.29, 1.82) is 0 Å². The van der Waals surface area contributed by atoms with Gasteiger partial charge in [-0.15, -0.1) is 0 Å². The van der Waals surface area contributed by atoms with Gasteiger partial charge in [-0.25, -0.2) is 15.8 Å². The minimum absolute atomic E-state index is 0.227. The molecule has 4 N–H and O–H groups in total. The normalized spacial score (nSPS) is 17.5. The summed E-state index contributed by atoms with van der Waals surface area (Å²) in [5, 5.41) is 10.5. The Balaban J connectivity index is 2.19. The number of hydrogen-bond acceptors (Lipinski definition) is 6. The molecular weight excluding hydrogens is 254 g/mol. The molecule has 1 aliphatic carbocycles. The molecule has 2 rings (SSSR count). The summed E-state index contributed by atoms with van der Waals surface area (Å²) in [6.45, 7) is 4.68. The van der Waals surface area contributed by atoms with Crippen molar-refractivity contribution in [1.82, 2.24) is 9.97 Å². The van der Waals surface area contributed by atoms with Crippen LogP contribution in [0.3, 0.4) is 0 Å². The second-order valence-corrected chi connectivity index (χ2v) is 6.06. The van der Waals surface area contributed by atoms with E-state index in [1.807, 2.05) is 31.9 Å². The van der Waals surface area contributed by atoms with Crippen LogP contribution in [-0.4, -0.2) is 34.3 Å². The smallest absolute Gasteiger partial charge is 0.145 e. The minimum Gasteiger partial charge on any atom is -0.388 e. The molecule has 6 nitrogen and oxygen atoms in total. The van der Waals surface area contributed by atoms with Gasteiger partial charge in [0.2, 0.25) is 0 Å². The molecule has 1 heterocycles. The Kier molecular flexibility index (Phi) is 4.45. The molecule has 6 heteroatoms. The van der Waals surface area contributed by atoms with E-state index in [1.54, 1.807) is 0 Å². The summed E-state index contributed by atoms with van der Waals surface area (Å²) < 4.78 is 0. The molecule has 112 valence electrons. The van der Waals surface area contributed by atoms with Crippen LogP contribution in [0.25, 0.3) is 0 Å². The summed E-state index contributed by atoms with van der Waals surface area (Å²) >= 11 is 0. The van der Waals surface area contributed by atoms with Crippen molar-refractivity contribution in [2.24, 2.45) is 5.84 Å². The van der Waals surface area contributed by atoms with Crippen molar-refractivity contribution >= 4 is 11.6 Å². The fourth-order valence-electron chi connectivity index (χ4n) is 2.69. The average Bonchev–Trinajstić information content (AvgIpc) is 2.84. The predicted octanol–water partition coefficient (Wildman–Crippen LogP) is 1.63. The molecule has 0 aliphatic heterocycles. The minimum atomic E-state index is -0.589. The number of nitrogens with two attached hydrogens (primary N) is 1. The maximum Gasteiger partial charge on any atom is 0.145 e. The second-order valence-electron chi connectivity index (χ2n) is 6.06. The van der Waals surface area contributed by atoms with Crippen molar-refractivity contribution in [3.05, 3.63) is 11.9 Å². The molecule has 1 aromatic rings. The number of hydrogen-bond donors (Lipinski definition) is 3. The van der Waals surface area contributed by atoms with Crippen LogP contribution in [-0.2, 0) is 0 Å². The first-order chi connectivity index (χ1) is 9.43. The predicted molar refractivity (Wildman–Crippen MR) is 80.6 cm³/mol. The number of nitrogen functional groups attached to an aromatic ring is 1. The topological polar surface area (TPSA) is 87.3 Å². The summed E-state index contributed by atoms with van der Waals surface area (Å²) in [5.41, 5.74) is 1.99. The quantitative estimate of drug-likeness (QED) is 0.561. The molecule has 0 bridgehead atoms. The molecule has 1 aromatic heterocycles. The number of nitrogens with zero attached hydrogens (tertiary/aromatic N) is 3. The first kappa shape index (κ1) is 15.0. The Morgan fingerprint density at radius 3 is 2.60 bits per heavy atom. The van der Waals surface area contributed by atoms with Gasteiger partial charge in [0.25, 0.3) is 0 Å². The standard InChI is InChI=1S/C14H25N5O/c1-10(2)13-16-11(18-15)8-12(17-13)19(3)9-14(20)6-4-5-7-14/h8,10,20H,4-7,9,15H2,1-3H3,(H,16,17,18). The van der Waals surface area contributed by atoms with Crippen molar-refractivity contribution in [3.63, 3.8) is 0 Å². The number of aliphatic hydroxyl groups is 1. The van der Waals surface area contributed by atoms with Crippen LogP contribution < -0.4 is 16.2 Å². The number of hydrazine groups is 1. The third-order valence-corrected chi connectivity index (χ3v) is 3.85. The van der Waals surface area contributed by atoms with Crippen LogP contribution in [0.2, 0.25) is 0 Å². The molecule has 1 fully saturated rings. The fourth-order valence-corrected chi connectivity index (χ4v) is 2.69. The largest absolute Gasteiger partial charge is 0.388 e. The van der Waals surface area contributed by atoms with Gasteiger partial charge in [0.1, 0.15) is 17.5 Å². The Hall–Kier alpha value is -1.40. The zero-order valence-electron chi connectivity index (χ0n) is 12.6. The molecular formula is C14H25N5O. The van der Waals surface area contributed by atoms with Crippen LogP contribution in [0.4, 0.5) is 11.6 Å². The van der Waals surface area contributed by atoms with Crippen LogP contribution in [0.15, 0.2) is 6.07 Å². The zero-order valence-corrected chi connectivity index (χ0v) is 12.6. The summed E-state index contributed by atoms with van der Waals surface area (Å²) in [5.74, 6) is 7.84. The Labute approximate surface area is 120 Å². The molecule has 0 aromatic carbocycles. The monoisotopic (exact) mass is 279 g/mol. The van der Waals surface area contributed by atoms with Crippen molar-refractivity contribution in [2.75, 3.05) is 23.9 Å². The number of rotatable bonds is 5. The Morgan fingerprint density at radius 1 is 1.40 bits per heavy atom. The van der Waals surface area contributed by atoms with Crippen molar-refractivity contribution in [3.8, 4) is 0 Å². The molecule has 20 heavy (non-hydrogen) atoms. The van der Waals surface area contributed by atoms with Crippen LogP contribution >= 0.6 is 0 Å². The van der Waals surface area contributed by atoms with Crippen molar-refractivity contribution < 1.29 is 5.11 Å². The lowest BCUT2D eigenvalue weighted by molar-refractivity contribution is 0.0558. The molecule has 0 amide bonds. The summed E-state index contributed by atoms with van der Waals surface area (Å²) in [7, 11) is 1.95. The zero-order chi connectivity index (χ0) is 14.8. The van der Waals surface area contributed by atoms with Crippen LogP contribution in [0, 0.1) is 0 Å². The van der Waals surface area contributed by atoms with Crippen LogP contribution in [0.1, 0.15) is 51.3 Å². The molecule has 0 spiro atoms. The first-order valence-corrected chi connectivity index (χ1v) is 7.23. The Morgan fingerprint density at radius 2 is 2.05 bits per heavy atom. The fraction of sp³-hybridized carbons (Fsp3) is 0.714. The van der Waals surface area contributed by atoms with Gasteiger partial charge in [0.05, 0.1) is 5.60 Å². The number of aromatic nitrogens is 2. The first-order valence-electron chi connectivity index (χ1n) is 7.23. The van der Waals surface area contributed by atoms with Crippen molar-refractivity contribution in [2.45, 2.75) is 51.0 Å². The van der Waals surface area contributed by atoms with Crippen LogP contribution in [0.5, 0.6) is 0 Å². The lowest BCUT2D eigenvalue weighted by Crippen LogP contribution is -2.39. The highest BCUT2D eigenvalue weighted by Gasteiger charge is 2.32. The van der Waals surface area contributed by atoms with E-state index >= 15 is 0 Å². The van der Waals surface area contributed by atoms with Gasteiger partial charge in [-0.05, 0) is 12.8 Å². The SMILES string of the molecule is CC(C)c1nc(NN)cc(N(C)CC2(O)CCCC2)n1. The van der Waals surface area contributed by atoms with Gasteiger partial charge in [0.15, 0.2) is 0 Å². The van der Waals surface area contributed by atoms with E-state index in [4.69, 9.17) is 5.84 Å². The number of anilines is 2. The second kappa shape index (κ2) is 5.93. The van der Waals surface area contributed by atoms with E-state index in [9.17, 15) is 5.11 Å². The molecule has 0 atom stereocenters. The van der Waals surface area contributed by atoms with E-state index in [0.29, 0.717) is 12.4 Å². The molecule has 0 radical (unpaired) electrons.